The lowest BCUT2D eigenvalue weighted by molar-refractivity contribution is -0.110. The summed E-state index contributed by atoms with van der Waals surface area (Å²) in [5.41, 5.74) is 1.37. The summed E-state index contributed by atoms with van der Waals surface area (Å²) in [4.78, 5) is 23.0. The molecule has 0 saturated carbocycles. The van der Waals surface area contributed by atoms with Crippen molar-refractivity contribution in [3.8, 4) is 5.88 Å². The van der Waals surface area contributed by atoms with E-state index < -0.39 is 15.7 Å². The first-order chi connectivity index (χ1) is 16.3. The summed E-state index contributed by atoms with van der Waals surface area (Å²) >= 11 is 1.24. The van der Waals surface area contributed by atoms with Gasteiger partial charge in [0, 0.05) is 37.5 Å². The number of nitrogens with zero attached hydrogens (tertiary/aromatic N) is 4. The van der Waals surface area contributed by atoms with Gasteiger partial charge in [-0.05, 0) is 38.1 Å². The van der Waals surface area contributed by atoms with Crippen LogP contribution in [0, 0.1) is 0 Å². The zero-order valence-corrected chi connectivity index (χ0v) is 20.6. The first-order valence-corrected chi connectivity index (χ1v) is 13.5. The van der Waals surface area contributed by atoms with E-state index >= 15 is 0 Å². The number of aromatic nitrogens is 2. The Kier molecular flexibility index (Phi) is 7.39. The molecule has 0 unspecified atom stereocenters. The molecule has 180 valence electrons. The molecule has 3 heterocycles. The number of hydrazone groups is 1. The molecule has 1 aliphatic rings. The minimum atomic E-state index is -3.34. The van der Waals surface area contributed by atoms with E-state index in [-0.39, 0.29) is 10.6 Å². The molecule has 34 heavy (non-hydrogen) atoms. The van der Waals surface area contributed by atoms with Crippen molar-refractivity contribution >= 4 is 48.3 Å². The van der Waals surface area contributed by atoms with Gasteiger partial charge >= 0.3 is 0 Å². The first-order valence-electron chi connectivity index (χ1n) is 10.8. The number of benzene rings is 1. The van der Waals surface area contributed by atoms with Crippen LogP contribution in [0.15, 0.2) is 46.4 Å². The van der Waals surface area contributed by atoms with Gasteiger partial charge in [-0.15, -0.1) is 0 Å². The van der Waals surface area contributed by atoms with Crippen LogP contribution in [-0.2, 0) is 14.6 Å². The van der Waals surface area contributed by atoms with Gasteiger partial charge in [-0.1, -0.05) is 23.5 Å². The summed E-state index contributed by atoms with van der Waals surface area (Å²) in [5, 5.41) is 12.6. The van der Waals surface area contributed by atoms with E-state index in [9.17, 15) is 13.2 Å². The van der Waals surface area contributed by atoms with Gasteiger partial charge in [0.05, 0.1) is 4.90 Å². The molecular weight excluding hydrogens is 476 g/mol. The number of amides is 1. The molecule has 1 aliphatic heterocycles. The van der Waals surface area contributed by atoms with Crippen molar-refractivity contribution in [3.63, 3.8) is 0 Å². The third-order valence-electron chi connectivity index (χ3n) is 5.15. The molecule has 1 fully saturated rings. The number of fused-ring (bicyclic) bond motifs is 1. The second-order valence-electron chi connectivity index (χ2n) is 7.80. The van der Waals surface area contributed by atoms with Gasteiger partial charge < -0.3 is 10.1 Å². The van der Waals surface area contributed by atoms with E-state index in [0.29, 0.717) is 40.1 Å². The van der Waals surface area contributed by atoms with Crippen molar-refractivity contribution in [1.82, 2.24) is 20.3 Å². The molecule has 4 rings (SSSR count). The van der Waals surface area contributed by atoms with Crippen LogP contribution in [0.25, 0.3) is 10.3 Å². The zero-order valence-electron chi connectivity index (χ0n) is 18.9. The number of rotatable bonds is 9. The van der Waals surface area contributed by atoms with E-state index in [4.69, 9.17) is 4.74 Å². The Hall–Kier alpha value is -3.09. The molecule has 0 spiro atoms. The number of pyridine rings is 1. The highest BCUT2D eigenvalue weighted by atomic mass is 32.2. The molecule has 12 heteroatoms. The molecule has 2 N–H and O–H groups in total. The van der Waals surface area contributed by atoms with E-state index in [2.05, 4.69) is 25.7 Å². The molecule has 1 saturated heterocycles. The predicted molar refractivity (Wildman–Crippen MR) is 132 cm³/mol. The van der Waals surface area contributed by atoms with Crippen LogP contribution in [0.5, 0.6) is 5.88 Å². The fraction of sp³-hybridized carbons (Fsp3) is 0.364. The quantitative estimate of drug-likeness (QED) is 0.337. The summed E-state index contributed by atoms with van der Waals surface area (Å²) in [6, 6.07) is 9.70. The molecule has 3 aromatic rings. The first kappa shape index (κ1) is 24.0. The van der Waals surface area contributed by atoms with Crippen molar-refractivity contribution in [2.75, 3.05) is 44.9 Å². The van der Waals surface area contributed by atoms with E-state index in [1.54, 1.807) is 24.3 Å². The van der Waals surface area contributed by atoms with Crippen LogP contribution in [0.3, 0.4) is 0 Å². The van der Waals surface area contributed by atoms with Crippen molar-refractivity contribution in [1.29, 1.82) is 0 Å². The highest BCUT2D eigenvalue weighted by Crippen LogP contribution is 2.26. The number of anilines is 1. The third kappa shape index (κ3) is 5.88. The van der Waals surface area contributed by atoms with Crippen molar-refractivity contribution in [3.05, 3.63) is 42.0 Å². The standard InChI is InChI=1S/C22H26N6O4S2/c1-23-11-14-32-18-10-9-17-21(25-18)33-22(24-17)26-20(29)19(27-28-12-3-4-13-28)15-5-7-16(8-6-15)34(2,30)31/h5-10,23H,3-4,11-14H2,1-2H3,(H,24,26,29)/b27-19-. The van der Waals surface area contributed by atoms with Gasteiger partial charge in [-0.2, -0.15) is 5.10 Å². The lowest BCUT2D eigenvalue weighted by Gasteiger charge is -2.14. The normalized spacial score (nSPS) is 14.5. The van der Waals surface area contributed by atoms with Crippen LogP contribution in [-0.4, -0.2) is 74.6 Å². The summed E-state index contributed by atoms with van der Waals surface area (Å²) in [7, 11) is -1.50. The molecule has 0 atom stereocenters. The number of likely N-dealkylation sites (N-methyl/N-ethyl adjacent to an activating group) is 1. The minimum absolute atomic E-state index is 0.183. The summed E-state index contributed by atoms with van der Waals surface area (Å²) in [5.74, 6) is 0.0649. The molecule has 2 aromatic heterocycles. The van der Waals surface area contributed by atoms with Crippen LogP contribution >= 0.6 is 11.3 Å². The number of carbonyl (C=O) groups is 1. The molecular formula is C22H26N6O4S2. The summed E-state index contributed by atoms with van der Waals surface area (Å²) in [6.45, 7) is 2.72. The highest BCUT2D eigenvalue weighted by molar-refractivity contribution is 7.90. The Morgan fingerprint density at radius 3 is 2.56 bits per heavy atom. The monoisotopic (exact) mass is 502 g/mol. The van der Waals surface area contributed by atoms with Gasteiger partial charge in [0.1, 0.15) is 17.0 Å². The number of sulfone groups is 1. The van der Waals surface area contributed by atoms with E-state index in [0.717, 1.165) is 32.2 Å². The van der Waals surface area contributed by atoms with E-state index in [1.165, 1.54) is 23.5 Å². The Morgan fingerprint density at radius 2 is 1.88 bits per heavy atom. The van der Waals surface area contributed by atoms with Gasteiger partial charge in [-0.25, -0.2) is 18.4 Å². The maximum Gasteiger partial charge on any atom is 0.278 e. The summed E-state index contributed by atoms with van der Waals surface area (Å²) < 4.78 is 29.2. The maximum atomic E-state index is 13.2. The van der Waals surface area contributed by atoms with Crippen LogP contribution < -0.4 is 15.4 Å². The van der Waals surface area contributed by atoms with Gasteiger partial charge in [-0.3, -0.25) is 15.1 Å². The Morgan fingerprint density at radius 1 is 1.15 bits per heavy atom. The Bertz CT molecular complexity index is 1300. The molecule has 10 nitrogen and oxygen atoms in total. The van der Waals surface area contributed by atoms with Crippen molar-refractivity contribution in [2.45, 2.75) is 17.7 Å². The fourth-order valence-electron chi connectivity index (χ4n) is 3.38. The van der Waals surface area contributed by atoms with Gasteiger partial charge in [0.25, 0.3) is 5.91 Å². The molecule has 0 aliphatic carbocycles. The summed E-state index contributed by atoms with van der Waals surface area (Å²) in [6.07, 6.45) is 3.16. The molecule has 1 amide bonds. The van der Waals surface area contributed by atoms with Crippen LogP contribution in [0.4, 0.5) is 5.13 Å². The average molecular weight is 503 g/mol. The molecule has 0 bridgehead atoms. The number of hydrogen-bond acceptors (Lipinski definition) is 10. The Balaban J connectivity index is 1.57. The van der Waals surface area contributed by atoms with Gasteiger partial charge in [0.2, 0.25) is 5.88 Å². The minimum Gasteiger partial charge on any atom is -0.476 e. The predicted octanol–water partition coefficient (Wildman–Crippen LogP) is 2.13. The number of hydrogen-bond donors (Lipinski definition) is 2. The lowest BCUT2D eigenvalue weighted by Crippen LogP contribution is -2.27. The fourth-order valence-corrected chi connectivity index (χ4v) is 4.84. The van der Waals surface area contributed by atoms with Crippen molar-refractivity contribution < 1.29 is 17.9 Å². The zero-order chi connectivity index (χ0) is 24.1. The van der Waals surface area contributed by atoms with Crippen molar-refractivity contribution in [2.24, 2.45) is 5.10 Å². The number of carbonyl (C=O) groups excluding carboxylic acids is 1. The number of nitrogens with one attached hydrogen (secondary N) is 2. The second kappa shape index (κ2) is 10.5. The van der Waals surface area contributed by atoms with Crippen LogP contribution in [0.2, 0.25) is 0 Å². The smallest absolute Gasteiger partial charge is 0.278 e. The van der Waals surface area contributed by atoms with E-state index in [1.807, 2.05) is 12.1 Å². The Labute approximate surface area is 202 Å². The van der Waals surface area contributed by atoms with Gasteiger partial charge in [0.15, 0.2) is 20.7 Å². The second-order valence-corrected chi connectivity index (χ2v) is 10.8. The SMILES string of the molecule is CNCCOc1ccc2nc(NC(=O)/C(=N\N3CCCC3)c3ccc(S(C)(=O)=O)cc3)sc2n1. The average Bonchev–Trinajstić information content (AvgIpc) is 3.46. The third-order valence-corrected chi connectivity index (χ3v) is 7.16. The maximum absolute atomic E-state index is 13.2. The highest BCUT2D eigenvalue weighted by Gasteiger charge is 2.21. The lowest BCUT2D eigenvalue weighted by atomic mass is 10.1. The molecule has 0 radical (unpaired) electrons. The molecule has 1 aromatic carbocycles. The number of thiazole rings is 1. The largest absolute Gasteiger partial charge is 0.476 e. The van der Waals surface area contributed by atoms with Crippen LogP contribution in [0.1, 0.15) is 18.4 Å². The topological polar surface area (TPSA) is 126 Å². The number of ether oxygens (including phenoxy) is 1.